The predicted molar refractivity (Wildman–Crippen MR) is 89.7 cm³/mol. The van der Waals surface area contributed by atoms with Crippen LogP contribution in [0.1, 0.15) is 37.8 Å². The molecule has 0 radical (unpaired) electrons. The zero-order chi connectivity index (χ0) is 16.3. The molecule has 5 fully saturated rings. The molecular weight excluding hydrogens is 314 g/mol. The highest BCUT2D eigenvalue weighted by atomic mass is 16.2. The van der Waals surface area contributed by atoms with Crippen molar-refractivity contribution in [3.05, 3.63) is 51.3 Å². The van der Waals surface area contributed by atoms with E-state index < -0.39 is 0 Å². The lowest BCUT2D eigenvalue weighted by Crippen LogP contribution is -2.53. The fourth-order valence-electron chi connectivity index (χ4n) is 9.09. The number of benzene rings is 1. The highest BCUT2D eigenvalue weighted by Gasteiger charge is 3.02. The number of rotatable bonds is 1. The largest absolute Gasteiger partial charge is 0.352 e. The van der Waals surface area contributed by atoms with E-state index in [1.165, 1.54) is 30.3 Å². The average molecular weight is 333 g/mol. The highest BCUT2D eigenvalue weighted by molar-refractivity contribution is 5.49. The van der Waals surface area contributed by atoms with E-state index >= 15 is 0 Å². The van der Waals surface area contributed by atoms with Gasteiger partial charge in [-0.25, -0.2) is 23.5 Å². The van der Waals surface area contributed by atoms with E-state index in [0.717, 1.165) is 11.8 Å². The van der Waals surface area contributed by atoms with E-state index in [4.69, 9.17) is 0 Å². The standard InChI is InChI=1S/C20H19N3O2/c24-17-21(10-6-2-1-3-7-10)18(25)23-16-13-11-12(13)15(22(17)23)19-8-4-5-9-20(16,19)14(11)19/h1-3,6-7,11-16H,4-5,8-9H2/t11?,12-,13-,14?,15-,16-,19-,20-/m0/s1. The molecular formula is C20H19N3O2. The molecule has 5 nitrogen and oxygen atoms in total. The van der Waals surface area contributed by atoms with Gasteiger partial charge in [-0.2, -0.15) is 0 Å². The zero-order valence-corrected chi connectivity index (χ0v) is 13.8. The third kappa shape index (κ3) is 0.876. The number of aromatic nitrogens is 3. The van der Waals surface area contributed by atoms with Crippen LogP contribution in [0, 0.1) is 34.5 Å². The molecule has 126 valence electrons. The van der Waals surface area contributed by atoms with Gasteiger partial charge in [0.1, 0.15) is 0 Å². The molecule has 2 bridgehead atoms. The Morgan fingerprint density at radius 3 is 1.92 bits per heavy atom. The van der Waals surface area contributed by atoms with Crippen LogP contribution in [0.3, 0.4) is 0 Å². The van der Waals surface area contributed by atoms with Gasteiger partial charge in [-0.1, -0.05) is 31.0 Å². The maximum Gasteiger partial charge on any atom is 0.352 e. The molecule has 5 aliphatic carbocycles. The fraction of sp³-hybridized carbons (Fsp3) is 0.600. The summed E-state index contributed by atoms with van der Waals surface area (Å²) < 4.78 is 5.28. The predicted octanol–water partition coefficient (Wildman–Crippen LogP) is 1.96. The van der Waals surface area contributed by atoms with Gasteiger partial charge in [0.15, 0.2) is 0 Å². The first kappa shape index (κ1) is 12.3. The van der Waals surface area contributed by atoms with E-state index in [9.17, 15) is 9.59 Å². The van der Waals surface area contributed by atoms with Crippen molar-refractivity contribution in [2.45, 2.75) is 37.8 Å². The first-order chi connectivity index (χ1) is 12.2. The summed E-state index contributed by atoms with van der Waals surface area (Å²) >= 11 is 0. The topological polar surface area (TPSA) is 48.9 Å². The van der Waals surface area contributed by atoms with E-state index in [1.54, 1.807) is 0 Å². The number of nitrogens with zero attached hydrogens (tertiary/aromatic N) is 3. The van der Waals surface area contributed by atoms with Crippen molar-refractivity contribution in [2.24, 2.45) is 34.5 Å². The van der Waals surface area contributed by atoms with Crippen LogP contribution in [0.4, 0.5) is 0 Å². The van der Waals surface area contributed by atoms with E-state index in [0.29, 0.717) is 40.4 Å². The van der Waals surface area contributed by atoms with Gasteiger partial charge in [0.25, 0.3) is 0 Å². The van der Waals surface area contributed by atoms with Crippen LogP contribution in [0.15, 0.2) is 39.9 Å². The lowest BCUT2D eigenvalue weighted by molar-refractivity contribution is -0.0241. The number of hydrogen-bond acceptors (Lipinski definition) is 2. The molecule has 25 heavy (non-hydrogen) atoms. The summed E-state index contributed by atoms with van der Waals surface area (Å²) in [5, 5.41) is 0. The van der Waals surface area contributed by atoms with Crippen molar-refractivity contribution in [1.29, 1.82) is 0 Å². The molecule has 0 amide bonds. The minimum atomic E-state index is -0.101. The molecule has 2 aromatic rings. The van der Waals surface area contributed by atoms with Crippen LogP contribution < -0.4 is 11.4 Å². The first-order valence-corrected chi connectivity index (χ1v) is 9.77. The van der Waals surface area contributed by atoms with E-state index in [1.807, 2.05) is 39.7 Å². The Morgan fingerprint density at radius 2 is 1.36 bits per heavy atom. The van der Waals surface area contributed by atoms with E-state index in [-0.39, 0.29) is 11.4 Å². The average Bonchev–Trinajstić information content (AvgIpc) is 3.41. The Labute approximate surface area is 143 Å². The van der Waals surface area contributed by atoms with Gasteiger partial charge in [0.05, 0.1) is 17.8 Å². The quantitative estimate of drug-likeness (QED) is 0.801. The Hall–Kier alpha value is -2.04. The lowest BCUT2D eigenvalue weighted by atomic mass is 9.65. The van der Waals surface area contributed by atoms with Gasteiger partial charge in [-0.15, -0.1) is 0 Å². The smallest absolute Gasteiger partial charge is 0.245 e. The SMILES string of the molecule is O=c1n(-c2ccccc2)c(=O)n2n1[C@H]1[C@H]3C4C5[C@@]16CCCC[C@@]56[C@@H]2[C@@H]43. The van der Waals surface area contributed by atoms with Crippen LogP contribution in [0.2, 0.25) is 0 Å². The van der Waals surface area contributed by atoms with Crippen LogP contribution in [-0.2, 0) is 0 Å². The third-order valence-electron chi connectivity index (χ3n) is 9.23. The van der Waals surface area contributed by atoms with E-state index in [2.05, 4.69) is 0 Å². The summed E-state index contributed by atoms with van der Waals surface area (Å²) in [6.07, 6.45) is 5.19. The maximum atomic E-state index is 13.3. The molecule has 1 aromatic carbocycles. The second-order valence-electron chi connectivity index (χ2n) is 9.31. The fourth-order valence-corrected chi connectivity index (χ4v) is 9.09. The van der Waals surface area contributed by atoms with Gasteiger partial charge >= 0.3 is 11.4 Å². The summed E-state index contributed by atoms with van der Waals surface area (Å²) in [4.78, 5) is 26.7. The first-order valence-electron chi connectivity index (χ1n) is 9.77. The van der Waals surface area contributed by atoms with Crippen molar-refractivity contribution in [2.75, 3.05) is 0 Å². The maximum absolute atomic E-state index is 13.3. The van der Waals surface area contributed by atoms with Gasteiger partial charge < -0.3 is 0 Å². The van der Waals surface area contributed by atoms with Gasteiger partial charge in [-0.05, 0) is 48.6 Å². The summed E-state index contributed by atoms with van der Waals surface area (Å²) in [6, 6.07) is 10.1. The molecule has 6 atom stereocenters. The summed E-state index contributed by atoms with van der Waals surface area (Å²) in [5.74, 6) is 3.03. The van der Waals surface area contributed by atoms with Crippen molar-refractivity contribution in [1.82, 2.24) is 13.9 Å². The van der Waals surface area contributed by atoms with Gasteiger partial charge in [0, 0.05) is 10.8 Å². The molecule has 9 rings (SSSR count). The third-order valence-corrected chi connectivity index (χ3v) is 9.23. The summed E-state index contributed by atoms with van der Waals surface area (Å²) in [6.45, 7) is 0. The summed E-state index contributed by atoms with van der Waals surface area (Å²) in [5.41, 5.74) is 1.25. The minimum absolute atomic E-state index is 0.101. The normalized spacial score (nSPS) is 51.2. The number of para-hydroxylation sites is 1. The number of hydrogen-bond donors (Lipinski definition) is 0. The Bertz CT molecular complexity index is 1040. The lowest BCUT2D eigenvalue weighted by Gasteiger charge is -2.50. The highest BCUT2D eigenvalue weighted by Crippen LogP contribution is 3.04. The monoisotopic (exact) mass is 333 g/mol. The Kier molecular flexibility index (Phi) is 1.58. The molecule has 2 spiro atoms. The molecule has 2 aliphatic heterocycles. The van der Waals surface area contributed by atoms with Crippen molar-refractivity contribution in [3.8, 4) is 5.69 Å². The molecule has 1 aromatic heterocycles. The minimum Gasteiger partial charge on any atom is -0.245 e. The molecule has 7 aliphatic rings. The second kappa shape index (κ2) is 3.19. The van der Waals surface area contributed by atoms with Crippen LogP contribution in [0.5, 0.6) is 0 Å². The molecule has 0 saturated heterocycles. The Morgan fingerprint density at radius 1 is 0.800 bits per heavy atom. The molecule has 0 N–H and O–H groups in total. The summed E-state index contributed by atoms with van der Waals surface area (Å²) in [7, 11) is 0. The molecule has 5 saturated carbocycles. The van der Waals surface area contributed by atoms with Crippen LogP contribution in [0.25, 0.3) is 5.69 Å². The molecule has 5 heteroatoms. The Balaban J connectivity index is 1.47. The van der Waals surface area contributed by atoms with Crippen molar-refractivity contribution < 1.29 is 0 Å². The molecule has 3 heterocycles. The van der Waals surface area contributed by atoms with Crippen LogP contribution >= 0.6 is 0 Å². The second-order valence-corrected chi connectivity index (χ2v) is 9.31. The zero-order valence-electron chi connectivity index (χ0n) is 13.8. The van der Waals surface area contributed by atoms with Gasteiger partial charge in [0.2, 0.25) is 0 Å². The van der Waals surface area contributed by atoms with Gasteiger partial charge in [-0.3, -0.25) is 0 Å². The molecule has 0 unspecified atom stereocenters. The van der Waals surface area contributed by atoms with Crippen molar-refractivity contribution >= 4 is 0 Å². The van der Waals surface area contributed by atoms with Crippen LogP contribution in [-0.4, -0.2) is 13.9 Å². The van der Waals surface area contributed by atoms with Crippen molar-refractivity contribution in [3.63, 3.8) is 0 Å².